The number of carbonyl (C=O) groups is 2. The van der Waals surface area contributed by atoms with Crippen LogP contribution in [-0.2, 0) is 16.1 Å². The van der Waals surface area contributed by atoms with Crippen molar-refractivity contribution in [1.82, 2.24) is 15.2 Å². The van der Waals surface area contributed by atoms with Gasteiger partial charge in [0.25, 0.3) is 0 Å². The number of hydrogen-bond donors (Lipinski definition) is 1. The van der Waals surface area contributed by atoms with E-state index < -0.39 is 6.04 Å². The summed E-state index contributed by atoms with van der Waals surface area (Å²) >= 11 is 0. The zero-order valence-corrected chi connectivity index (χ0v) is 11.0. The molecule has 19 heavy (non-hydrogen) atoms. The van der Waals surface area contributed by atoms with Crippen molar-refractivity contribution in [3.8, 4) is 5.88 Å². The number of imide groups is 1. The van der Waals surface area contributed by atoms with Crippen LogP contribution in [-0.4, -0.2) is 41.4 Å². The Morgan fingerprint density at radius 1 is 1.53 bits per heavy atom. The number of rotatable bonds is 5. The molecule has 6 nitrogen and oxygen atoms in total. The van der Waals surface area contributed by atoms with Crippen LogP contribution in [0, 0.1) is 0 Å². The Hall–Kier alpha value is -1.95. The predicted octanol–water partition coefficient (Wildman–Crippen LogP) is 0.327. The monoisotopic (exact) mass is 263 g/mol. The molecule has 0 aliphatic carbocycles. The summed E-state index contributed by atoms with van der Waals surface area (Å²) < 4.78 is 5.14. The van der Waals surface area contributed by atoms with Gasteiger partial charge in [-0.15, -0.1) is 0 Å². The molecule has 1 aromatic rings. The molecule has 1 aliphatic heterocycles. The van der Waals surface area contributed by atoms with Crippen LogP contribution in [0.3, 0.4) is 0 Å². The summed E-state index contributed by atoms with van der Waals surface area (Å²) in [6, 6.07) is 3.23. The highest BCUT2D eigenvalue weighted by atomic mass is 16.5. The van der Waals surface area contributed by atoms with Gasteiger partial charge in [0.1, 0.15) is 0 Å². The highest BCUT2D eigenvalue weighted by Crippen LogP contribution is 2.16. The molecular weight excluding hydrogens is 246 g/mol. The second-order valence-electron chi connectivity index (χ2n) is 4.29. The van der Waals surface area contributed by atoms with Gasteiger partial charge in [0.2, 0.25) is 17.7 Å². The Balaban J connectivity index is 2.00. The molecule has 0 aromatic carbocycles. The third kappa shape index (κ3) is 2.73. The fourth-order valence-electron chi connectivity index (χ4n) is 2.15. The Labute approximate surface area is 111 Å². The second-order valence-corrected chi connectivity index (χ2v) is 4.29. The van der Waals surface area contributed by atoms with Gasteiger partial charge in [-0.3, -0.25) is 14.5 Å². The van der Waals surface area contributed by atoms with E-state index in [4.69, 9.17) is 4.74 Å². The van der Waals surface area contributed by atoms with E-state index in [1.807, 2.05) is 6.07 Å². The van der Waals surface area contributed by atoms with Crippen molar-refractivity contribution < 1.29 is 14.3 Å². The molecule has 0 bridgehead atoms. The van der Waals surface area contributed by atoms with E-state index in [1.165, 1.54) is 4.90 Å². The first-order valence-electron chi connectivity index (χ1n) is 6.22. The zero-order valence-electron chi connectivity index (χ0n) is 11.0. The molecule has 2 heterocycles. The molecule has 102 valence electrons. The Bertz CT molecular complexity index is 490. The van der Waals surface area contributed by atoms with Gasteiger partial charge in [-0.1, -0.05) is 6.07 Å². The first-order valence-corrected chi connectivity index (χ1v) is 6.22. The lowest BCUT2D eigenvalue weighted by Gasteiger charge is -2.13. The van der Waals surface area contributed by atoms with E-state index in [-0.39, 0.29) is 18.2 Å². The minimum Gasteiger partial charge on any atom is -0.481 e. The summed E-state index contributed by atoms with van der Waals surface area (Å²) in [6.07, 6.45) is 1.86. The van der Waals surface area contributed by atoms with Crippen LogP contribution in [0.15, 0.2) is 18.3 Å². The lowest BCUT2D eigenvalue weighted by atomic mass is 10.2. The zero-order chi connectivity index (χ0) is 13.8. The third-order valence-electron chi connectivity index (χ3n) is 3.14. The molecule has 0 spiro atoms. The van der Waals surface area contributed by atoms with Crippen molar-refractivity contribution in [3.05, 3.63) is 23.9 Å². The number of aromatic nitrogens is 1. The van der Waals surface area contributed by atoms with Gasteiger partial charge in [0.15, 0.2) is 0 Å². The number of amides is 2. The summed E-state index contributed by atoms with van der Waals surface area (Å²) in [6.45, 7) is 2.66. The standard InChI is InChI=1S/C13H17N3O3/c1-3-16-11(17)7-10(13(16)18)15-8-9-5-4-6-14-12(9)19-2/h4-6,10,15H,3,7-8H2,1-2H3. The SMILES string of the molecule is CCN1C(=O)CC(NCc2cccnc2OC)C1=O. The number of hydrogen-bond acceptors (Lipinski definition) is 5. The Morgan fingerprint density at radius 3 is 2.95 bits per heavy atom. The van der Waals surface area contributed by atoms with E-state index >= 15 is 0 Å². The smallest absolute Gasteiger partial charge is 0.246 e. The fraction of sp³-hybridized carbons (Fsp3) is 0.462. The van der Waals surface area contributed by atoms with Gasteiger partial charge in [-0.25, -0.2) is 4.98 Å². The number of nitrogens with zero attached hydrogens (tertiary/aromatic N) is 2. The lowest BCUT2D eigenvalue weighted by Crippen LogP contribution is -2.38. The first kappa shape index (κ1) is 13.5. The molecule has 1 aromatic heterocycles. The molecule has 1 aliphatic rings. The summed E-state index contributed by atoms with van der Waals surface area (Å²) in [5.41, 5.74) is 0.861. The molecule has 6 heteroatoms. The fourth-order valence-corrected chi connectivity index (χ4v) is 2.15. The van der Waals surface area contributed by atoms with Crippen LogP contribution in [0.1, 0.15) is 18.9 Å². The predicted molar refractivity (Wildman–Crippen MR) is 68.4 cm³/mol. The van der Waals surface area contributed by atoms with Crippen LogP contribution in [0.4, 0.5) is 0 Å². The number of ether oxygens (including phenoxy) is 1. The van der Waals surface area contributed by atoms with Gasteiger partial charge in [-0.2, -0.15) is 0 Å². The minimum absolute atomic E-state index is 0.122. The normalized spacial score (nSPS) is 19.1. The van der Waals surface area contributed by atoms with Crippen molar-refractivity contribution in [3.63, 3.8) is 0 Å². The molecule has 1 fully saturated rings. The van der Waals surface area contributed by atoms with E-state index in [9.17, 15) is 9.59 Å². The molecule has 0 radical (unpaired) electrons. The van der Waals surface area contributed by atoms with Crippen molar-refractivity contribution in [2.24, 2.45) is 0 Å². The molecule has 2 rings (SSSR count). The van der Waals surface area contributed by atoms with Gasteiger partial charge in [0, 0.05) is 24.8 Å². The van der Waals surface area contributed by atoms with Crippen molar-refractivity contribution in [2.45, 2.75) is 25.9 Å². The number of methoxy groups -OCH3 is 1. The largest absolute Gasteiger partial charge is 0.481 e. The summed E-state index contributed by atoms with van der Waals surface area (Å²) in [7, 11) is 1.55. The maximum Gasteiger partial charge on any atom is 0.246 e. The highest BCUT2D eigenvalue weighted by Gasteiger charge is 2.37. The van der Waals surface area contributed by atoms with E-state index in [1.54, 1.807) is 26.3 Å². The van der Waals surface area contributed by atoms with Gasteiger partial charge in [-0.05, 0) is 13.0 Å². The molecular formula is C13H17N3O3. The number of pyridine rings is 1. The van der Waals surface area contributed by atoms with Crippen molar-refractivity contribution in [1.29, 1.82) is 0 Å². The van der Waals surface area contributed by atoms with E-state index in [0.29, 0.717) is 19.0 Å². The maximum atomic E-state index is 11.9. The van der Waals surface area contributed by atoms with Crippen molar-refractivity contribution in [2.75, 3.05) is 13.7 Å². The molecule has 0 saturated carbocycles. The van der Waals surface area contributed by atoms with Crippen molar-refractivity contribution >= 4 is 11.8 Å². The molecule has 1 N–H and O–H groups in total. The number of likely N-dealkylation sites (N-methyl/N-ethyl adjacent to an activating group) is 1. The third-order valence-corrected chi connectivity index (χ3v) is 3.14. The van der Waals surface area contributed by atoms with Crippen LogP contribution in [0.5, 0.6) is 5.88 Å². The summed E-state index contributed by atoms with van der Waals surface area (Å²) in [5, 5.41) is 3.09. The molecule has 2 amide bonds. The number of carbonyl (C=O) groups excluding carboxylic acids is 2. The Kier molecular flexibility index (Phi) is 4.11. The van der Waals surface area contributed by atoms with Crippen LogP contribution in [0.2, 0.25) is 0 Å². The van der Waals surface area contributed by atoms with Crippen LogP contribution in [0.25, 0.3) is 0 Å². The van der Waals surface area contributed by atoms with E-state index in [2.05, 4.69) is 10.3 Å². The van der Waals surface area contributed by atoms with Gasteiger partial charge >= 0.3 is 0 Å². The lowest BCUT2D eigenvalue weighted by molar-refractivity contribution is -0.138. The number of nitrogens with one attached hydrogen (secondary N) is 1. The molecule has 1 saturated heterocycles. The van der Waals surface area contributed by atoms with Crippen LogP contribution < -0.4 is 10.1 Å². The van der Waals surface area contributed by atoms with E-state index in [0.717, 1.165) is 5.56 Å². The topological polar surface area (TPSA) is 71.5 Å². The quantitative estimate of drug-likeness (QED) is 0.775. The van der Waals surface area contributed by atoms with Crippen LogP contribution >= 0.6 is 0 Å². The highest BCUT2D eigenvalue weighted by molar-refractivity contribution is 6.05. The average molecular weight is 263 g/mol. The summed E-state index contributed by atoms with van der Waals surface area (Å²) in [5.74, 6) is 0.248. The first-order chi connectivity index (χ1) is 9.17. The van der Waals surface area contributed by atoms with Gasteiger partial charge < -0.3 is 10.1 Å². The van der Waals surface area contributed by atoms with Gasteiger partial charge in [0.05, 0.1) is 19.6 Å². The Morgan fingerprint density at radius 2 is 2.32 bits per heavy atom. The maximum absolute atomic E-state index is 11.9. The second kappa shape index (κ2) is 5.79. The molecule has 1 unspecified atom stereocenters. The minimum atomic E-state index is -0.447. The molecule has 1 atom stereocenters. The average Bonchev–Trinajstić information content (AvgIpc) is 2.71. The number of likely N-dealkylation sites (tertiary alicyclic amines) is 1. The summed E-state index contributed by atoms with van der Waals surface area (Å²) in [4.78, 5) is 28.9.